The number of furan rings is 1. The molecule has 2 aromatic rings. The maximum absolute atomic E-state index is 13.3. The molecule has 27 heavy (non-hydrogen) atoms. The van der Waals surface area contributed by atoms with E-state index in [1.807, 2.05) is 13.0 Å². The molecule has 3 saturated heterocycles. The quantitative estimate of drug-likeness (QED) is 0.895. The van der Waals surface area contributed by atoms with Gasteiger partial charge in [-0.3, -0.25) is 9.69 Å². The summed E-state index contributed by atoms with van der Waals surface area (Å²) in [5, 5.41) is 0. The van der Waals surface area contributed by atoms with Crippen molar-refractivity contribution in [3.63, 3.8) is 0 Å². The summed E-state index contributed by atoms with van der Waals surface area (Å²) >= 11 is 0. The van der Waals surface area contributed by atoms with Gasteiger partial charge in [0.15, 0.2) is 0 Å². The number of nitrogens with one attached hydrogen (secondary N) is 1. The lowest BCUT2D eigenvalue weighted by atomic mass is 9.94. The van der Waals surface area contributed by atoms with Gasteiger partial charge in [0.1, 0.15) is 11.5 Å². The van der Waals surface area contributed by atoms with Crippen LogP contribution in [0.3, 0.4) is 0 Å². The number of nitrogens with zero attached hydrogens (tertiary/aromatic N) is 3. The molecule has 146 valence electrons. The SMILES string of the molecule is Cc1[nH]cnc1CN1C[C@H]2CC[C@@H](C1)N(C(=O)c1cc(C(C)C)oc1C)C2. The number of hydrogen-bond donors (Lipinski definition) is 1. The number of aryl methyl sites for hydroxylation is 2. The standard InChI is InChI=1S/C21H30N4O2/c1-13(2)20-7-18(15(4)27-20)21(26)25-9-16-5-6-17(25)10-24(8-16)11-19-14(3)22-12-23-19/h7,12-13,16-17H,5-6,8-11H2,1-4H3,(H,22,23)/t16-,17+/m1/s1. The summed E-state index contributed by atoms with van der Waals surface area (Å²) in [5.41, 5.74) is 2.98. The van der Waals surface area contributed by atoms with E-state index in [0.717, 1.165) is 61.1 Å². The van der Waals surface area contributed by atoms with Crippen LogP contribution in [0.5, 0.6) is 0 Å². The summed E-state index contributed by atoms with van der Waals surface area (Å²) in [6.07, 6.45) is 4.05. The lowest BCUT2D eigenvalue weighted by Gasteiger charge is -2.36. The van der Waals surface area contributed by atoms with E-state index in [-0.39, 0.29) is 11.9 Å². The molecule has 1 N–H and O–H groups in total. The fourth-order valence-electron chi connectivity index (χ4n) is 4.47. The van der Waals surface area contributed by atoms with Gasteiger partial charge >= 0.3 is 0 Å². The van der Waals surface area contributed by atoms with Gasteiger partial charge in [-0.2, -0.15) is 0 Å². The fraction of sp³-hybridized carbons (Fsp3) is 0.619. The van der Waals surface area contributed by atoms with Crippen LogP contribution in [0, 0.1) is 19.8 Å². The number of carbonyl (C=O) groups is 1. The van der Waals surface area contributed by atoms with Crippen molar-refractivity contribution in [3.05, 3.63) is 40.9 Å². The Balaban J connectivity index is 1.52. The largest absolute Gasteiger partial charge is 0.465 e. The highest BCUT2D eigenvalue weighted by Crippen LogP contribution is 2.31. The van der Waals surface area contributed by atoms with Crippen LogP contribution in [-0.2, 0) is 6.54 Å². The topological polar surface area (TPSA) is 65.4 Å². The third kappa shape index (κ3) is 3.55. The van der Waals surface area contributed by atoms with Gasteiger partial charge in [0.2, 0.25) is 0 Å². The minimum Gasteiger partial charge on any atom is -0.465 e. The Kier molecular flexibility index (Phi) is 4.84. The highest BCUT2D eigenvalue weighted by atomic mass is 16.3. The van der Waals surface area contributed by atoms with E-state index >= 15 is 0 Å². The summed E-state index contributed by atoms with van der Waals surface area (Å²) in [6.45, 7) is 11.8. The van der Waals surface area contributed by atoms with Gasteiger partial charge < -0.3 is 14.3 Å². The number of H-pyrrole nitrogens is 1. The molecule has 0 unspecified atom stereocenters. The van der Waals surface area contributed by atoms with Crippen molar-refractivity contribution >= 4 is 5.91 Å². The Bertz CT molecular complexity index is 822. The van der Waals surface area contributed by atoms with Crippen molar-refractivity contribution in [2.24, 2.45) is 5.92 Å². The van der Waals surface area contributed by atoms with Crippen LogP contribution in [-0.4, -0.2) is 51.4 Å². The Hall–Kier alpha value is -2.08. The van der Waals surface area contributed by atoms with Crippen molar-refractivity contribution in [2.75, 3.05) is 19.6 Å². The van der Waals surface area contributed by atoms with Gasteiger partial charge in [-0.15, -0.1) is 0 Å². The van der Waals surface area contributed by atoms with Gasteiger partial charge in [-0.25, -0.2) is 4.98 Å². The summed E-state index contributed by atoms with van der Waals surface area (Å²) < 4.78 is 5.83. The predicted molar refractivity (Wildman–Crippen MR) is 104 cm³/mol. The number of piperidine rings is 1. The van der Waals surface area contributed by atoms with Gasteiger partial charge in [0, 0.05) is 43.8 Å². The highest BCUT2D eigenvalue weighted by molar-refractivity contribution is 5.95. The maximum Gasteiger partial charge on any atom is 0.257 e. The average Bonchev–Trinajstić information content (AvgIpc) is 3.09. The highest BCUT2D eigenvalue weighted by Gasteiger charge is 2.38. The molecular weight excluding hydrogens is 340 g/mol. The molecule has 0 spiro atoms. The van der Waals surface area contributed by atoms with Crippen LogP contribution >= 0.6 is 0 Å². The van der Waals surface area contributed by atoms with Crippen LogP contribution in [0.2, 0.25) is 0 Å². The normalized spacial score (nSPS) is 23.2. The number of aromatic amines is 1. The van der Waals surface area contributed by atoms with E-state index < -0.39 is 0 Å². The summed E-state index contributed by atoms with van der Waals surface area (Å²) in [6, 6.07) is 2.22. The molecular formula is C21H30N4O2. The Labute approximate surface area is 160 Å². The van der Waals surface area contributed by atoms with Crippen molar-refractivity contribution < 1.29 is 9.21 Å². The molecule has 0 aliphatic carbocycles. The fourth-order valence-corrected chi connectivity index (χ4v) is 4.47. The molecule has 0 radical (unpaired) electrons. The molecule has 5 heterocycles. The number of fused-ring (bicyclic) bond motifs is 4. The van der Waals surface area contributed by atoms with Crippen LogP contribution in [0.4, 0.5) is 0 Å². The molecule has 5 rings (SSSR count). The van der Waals surface area contributed by atoms with Crippen LogP contribution < -0.4 is 0 Å². The maximum atomic E-state index is 13.3. The van der Waals surface area contributed by atoms with Gasteiger partial charge in [-0.05, 0) is 38.7 Å². The Morgan fingerprint density at radius 2 is 2.11 bits per heavy atom. The lowest BCUT2D eigenvalue weighted by molar-refractivity contribution is 0.0583. The van der Waals surface area contributed by atoms with E-state index in [9.17, 15) is 4.79 Å². The molecule has 2 atom stereocenters. The second kappa shape index (κ2) is 7.15. The second-order valence-electron chi connectivity index (χ2n) is 8.50. The zero-order chi connectivity index (χ0) is 19.1. The van der Waals surface area contributed by atoms with Crippen LogP contribution in [0.1, 0.15) is 65.9 Å². The third-order valence-electron chi connectivity index (χ3n) is 6.09. The average molecular weight is 370 g/mol. The molecule has 3 aliphatic heterocycles. The molecule has 3 fully saturated rings. The monoisotopic (exact) mass is 370 g/mol. The van der Waals surface area contributed by atoms with E-state index in [1.165, 1.54) is 6.42 Å². The molecule has 2 bridgehead atoms. The second-order valence-corrected chi connectivity index (χ2v) is 8.50. The van der Waals surface area contributed by atoms with Gasteiger partial charge in [0.05, 0.1) is 17.6 Å². The lowest BCUT2D eigenvalue weighted by Crippen LogP contribution is -2.47. The number of imidazole rings is 1. The van der Waals surface area contributed by atoms with E-state index in [2.05, 4.69) is 40.5 Å². The van der Waals surface area contributed by atoms with Crippen molar-refractivity contribution in [2.45, 2.75) is 59.0 Å². The molecule has 0 aromatic carbocycles. The van der Waals surface area contributed by atoms with Crippen LogP contribution in [0.15, 0.2) is 16.8 Å². The molecule has 6 heteroatoms. The first-order chi connectivity index (χ1) is 12.9. The summed E-state index contributed by atoms with van der Waals surface area (Å²) in [7, 11) is 0. The minimum absolute atomic E-state index is 0.135. The van der Waals surface area contributed by atoms with Crippen molar-refractivity contribution in [3.8, 4) is 0 Å². The first-order valence-electron chi connectivity index (χ1n) is 10.0. The zero-order valence-corrected chi connectivity index (χ0v) is 16.8. The number of aromatic nitrogens is 2. The van der Waals surface area contributed by atoms with Crippen molar-refractivity contribution in [1.29, 1.82) is 0 Å². The van der Waals surface area contributed by atoms with Gasteiger partial charge in [-0.1, -0.05) is 13.8 Å². The Morgan fingerprint density at radius 1 is 1.30 bits per heavy atom. The predicted octanol–water partition coefficient (Wildman–Crippen LogP) is 3.48. The molecule has 2 aromatic heterocycles. The molecule has 6 nitrogen and oxygen atoms in total. The van der Waals surface area contributed by atoms with Gasteiger partial charge in [0.25, 0.3) is 5.91 Å². The first kappa shape index (κ1) is 18.3. The van der Waals surface area contributed by atoms with Crippen molar-refractivity contribution in [1.82, 2.24) is 19.8 Å². The third-order valence-corrected chi connectivity index (χ3v) is 6.09. The summed E-state index contributed by atoms with van der Waals surface area (Å²) in [5.74, 6) is 2.59. The molecule has 0 saturated carbocycles. The van der Waals surface area contributed by atoms with E-state index in [4.69, 9.17) is 4.42 Å². The molecule has 1 amide bonds. The first-order valence-corrected chi connectivity index (χ1v) is 10.0. The van der Waals surface area contributed by atoms with E-state index in [1.54, 1.807) is 6.33 Å². The number of carbonyl (C=O) groups excluding carboxylic acids is 1. The number of hydrogen-bond acceptors (Lipinski definition) is 4. The zero-order valence-electron chi connectivity index (χ0n) is 16.8. The van der Waals surface area contributed by atoms with E-state index in [0.29, 0.717) is 11.8 Å². The summed E-state index contributed by atoms with van der Waals surface area (Å²) in [4.78, 5) is 25.5. The van der Waals surface area contributed by atoms with Crippen LogP contribution in [0.25, 0.3) is 0 Å². The number of amides is 1. The smallest absolute Gasteiger partial charge is 0.257 e. The Morgan fingerprint density at radius 3 is 2.78 bits per heavy atom. The molecule has 3 aliphatic rings. The number of rotatable bonds is 4. The minimum atomic E-state index is 0.135.